The molecule has 0 saturated heterocycles. The van der Waals surface area contributed by atoms with Crippen LogP contribution in [-0.4, -0.2) is 30.2 Å². The van der Waals surface area contributed by atoms with Crippen LogP contribution >= 0.6 is 0 Å². The fourth-order valence-electron chi connectivity index (χ4n) is 1.67. The van der Waals surface area contributed by atoms with Crippen molar-refractivity contribution in [2.45, 2.75) is 6.54 Å². The quantitative estimate of drug-likeness (QED) is 0.859. The maximum Gasteiger partial charge on any atom is 0.271 e. The van der Waals surface area contributed by atoms with Crippen molar-refractivity contribution in [1.29, 1.82) is 0 Å². The fourth-order valence-corrected chi connectivity index (χ4v) is 1.67. The van der Waals surface area contributed by atoms with Crippen molar-refractivity contribution in [3.05, 3.63) is 47.7 Å². The van der Waals surface area contributed by atoms with Gasteiger partial charge >= 0.3 is 0 Å². The fraction of sp³-hybridized carbons (Fsp3) is 0.214. The second-order valence-electron chi connectivity index (χ2n) is 4.12. The molecule has 0 radical (unpaired) electrons. The van der Waals surface area contributed by atoms with Crippen molar-refractivity contribution >= 4 is 5.91 Å². The van der Waals surface area contributed by atoms with Gasteiger partial charge in [-0.2, -0.15) is 0 Å². The Morgan fingerprint density at radius 1 is 1.20 bits per heavy atom. The van der Waals surface area contributed by atoms with E-state index in [2.05, 4.69) is 20.8 Å². The van der Waals surface area contributed by atoms with Crippen molar-refractivity contribution < 1.29 is 9.53 Å². The summed E-state index contributed by atoms with van der Waals surface area (Å²) >= 11 is 0. The van der Waals surface area contributed by atoms with Crippen LogP contribution in [0.5, 0.6) is 11.6 Å². The average Bonchev–Trinajstić information content (AvgIpc) is 2.48. The monoisotopic (exact) mass is 272 g/mol. The molecule has 0 bridgehead atoms. The second kappa shape index (κ2) is 6.63. The number of ether oxygens (including phenoxy) is 1. The van der Waals surface area contributed by atoms with Gasteiger partial charge in [0.25, 0.3) is 5.91 Å². The molecule has 0 aliphatic heterocycles. The van der Waals surface area contributed by atoms with E-state index in [0.717, 1.165) is 12.1 Å². The number of carbonyl (C=O) groups is 1. The molecule has 0 aliphatic carbocycles. The Morgan fingerprint density at radius 2 is 2.05 bits per heavy atom. The van der Waals surface area contributed by atoms with Gasteiger partial charge in [-0.05, 0) is 30.8 Å². The summed E-state index contributed by atoms with van der Waals surface area (Å²) < 4.78 is 5.60. The molecule has 1 amide bonds. The van der Waals surface area contributed by atoms with Gasteiger partial charge in [-0.25, -0.2) is 0 Å². The molecule has 1 aromatic carbocycles. The van der Waals surface area contributed by atoms with Gasteiger partial charge in [-0.15, -0.1) is 10.2 Å². The highest BCUT2D eigenvalue weighted by Crippen LogP contribution is 2.19. The maximum absolute atomic E-state index is 11.3. The molecule has 2 aromatic rings. The van der Waals surface area contributed by atoms with Crippen LogP contribution in [0.3, 0.4) is 0 Å². The van der Waals surface area contributed by atoms with E-state index >= 15 is 0 Å². The van der Waals surface area contributed by atoms with E-state index in [1.807, 2.05) is 31.3 Å². The number of nitrogens with zero attached hydrogens (tertiary/aromatic N) is 2. The zero-order chi connectivity index (χ0) is 14.4. The van der Waals surface area contributed by atoms with Gasteiger partial charge in [-0.3, -0.25) is 4.79 Å². The third-order valence-electron chi connectivity index (χ3n) is 2.60. The molecule has 6 nitrogen and oxygen atoms in total. The molecule has 0 saturated carbocycles. The predicted octanol–water partition coefficient (Wildman–Crippen LogP) is 1.35. The Hall–Kier alpha value is -2.47. The lowest BCUT2D eigenvalue weighted by Gasteiger charge is -2.06. The molecule has 104 valence electrons. The minimum absolute atomic E-state index is 0.254. The predicted molar refractivity (Wildman–Crippen MR) is 74.7 cm³/mol. The van der Waals surface area contributed by atoms with Crippen molar-refractivity contribution in [2.24, 2.45) is 0 Å². The average molecular weight is 272 g/mol. The maximum atomic E-state index is 11.3. The van der Waals surface area contributed by atoms with Crippen molar-refractivity contribution in [3.8, 4) is 11.6 Å². The number of carbonyl (C=O) groups excluding carboxylic acids is 1. The van der Waals surface area contributed by atoms with Gasteiger partial charge in [-0.1, -0.05) is 12.1 Å². The summed E-state index contributed by atoms with van der Waals surface area (Å²) in [4.78, 5) is 11.3. The molecule has 2 N–H and O–H groups in total. The van der Waals surface area contributed by atoms with Gasteiger partial charge in [0.2, 0.25) is 5.88 Å². The van der Waals surface area contributed by atoms with E-state index in [0.29, 0.717) is 11.6 Å². The van der Waals surface area contributed by atoms with Crippen LogP contribution in [0.4, 0.5) is 0 Å². The highest BCUT2D eigenvalue weighted by atomic mass is 16.5. The van der Waals surface area contributed by atoms with Gasteiger partial charge in [0, 0.05) is 19.7 Å². The molecule has 1 aromatic heterocycles. The summed E-state index contributed by atoms with van der Waals surface area (Å²) in [5, 5.41) is 13.2. The standard InChI is InChI=1S/C14H16N4O2/c1-15-9-10-4-3-5-11(8-10)20-13-7-6-12(17-18-13)14(19)16-2/h3-8,15H,9H2,1-2H3,(H,16,19). The van der Waals surface area contributed by atoms with E-state index in [1.165, 1.54) is 0 Å². The number of nitrogens with one attached hydrogen (secondary N) is 2. The lowest BCUT2D eigenvalue weighted by molar-refractivity contribution is 0.0957. The molecule has 2 rings (SSSR count). The summed E-state index contributed by atoms with van der Waals surface area (Å²) in [5.74, 6) is 0.749. The van der Waals surface area contributed by atoms with Crippen LogP contribution in [0.25, 0.3) is 0 Å². The Bertz CT molecular complexity index is 584. The lowest BCUT2D eigenvalue weighted by atomic mass is 10.2. The Morgan fingerprint density at radius 3 is 2.70 bits per heavy atom. The van der Waals surface area contributed by atoms with Crippen LogP contribution in [0.1, 0.15) is 16.1 Å². The smallest absolute Gasteiger partial charge is 0.271 e. The number of rotatable bonds is 5. The molecule has 1 heterocycles. The topological polar surface area (TPSA) is 76.1 Å². The van der Waals surface area contributed by atoms with E-state index in [1.54, 1.807) is 19.2 Å². The first kappa shape index (κ1) is 14.0. The summed E-state index contributed by atoms with van der Waals surface area (Å²) in [5.41, 5.74) is 1.36. The normalized spacial score (nSPS) is 10.1. The number of aromatic nitrogens is 2. The highest BCUT2D eigenvalue weighted by Gasteiger charge is 2.06. The largest absolute Gasteiger partial charge is 0.438 e. The van der Waals surface area contributed by atoms with Crippen molar-refractivity contribution in [2.75, 3.05) is 14.1 Å². The number of hydrogen-bond donors (Lipinski definition) is 2. The minimum Gasteiger partial charge on any atom is -0.438 e. The van der Waals surface area contributed by atoms with Crippen molar-refractivity contribution in [1.82, 2.24) is 20.8 Å². The van der Waals surface area contributed by atoms with E-state index in [4.69, 9.17) is 4.74 Å². The summed E-state index contributed by atoms with van der Waals surface area (Å²) in [6, 6.07) is 10.9. The SMILES string of the molecule is CNCc1cccc(Oc2ccc(C(=O)NC)nn2)c1. The molecular weight excluding hydrogens is 256 g/mol. The minimum atomic E-state index is -0.278. The molecule has 0 atom stereocenters. The van der Waals surface area contributed by atoms with E-state index < -0.39 is 0 Å². The number of hydrogen-bond acceptors (Lipinski definition) is 5. The first-order valence-corrected chi connectivity index (χ1v) is 6.20. The number of amides is 1. The van der Waals surface area contributed by atoms with Crippen LogP contribution in [0, 0.1) is 0 Å². The summed E-state index contributed by atoms with van der Waals surface area (Å²) in [6.07, 6.45) is 0. The van der Waals surface area contributed by atoms with E-state index in [-0.39, 0.29) is 11.6 Å². The van der Waals surface area contributed by atoms with Crippen LogP contribution in [-0.2, 0) is 6.54 Å². The van der Waals surface area contributed by atoms with Gasteiger partial charge in [0.05, 0.1) is 0 Å². The molecule has 6 heteroatoms. The highest BCUT2D eigenvalue weighted by molar-refractivity contribution is 5.91. The second-order valence-corrected chi connectivity index (χ2v) is 4.12. The third-order valence-corrected chi connectivity index (χ3v) is 2.60. The van der Waals surface area contributed by atoms with Gasteiger partial charge < -0.3 is 15.4 Å². The van der Waals surface area contributed by atoms with Crippen LogP contribution in [0.15, 0.2) is 36.4 Å². The lowest BCUT2D eigenvalue weighted by Crippen LogP contribution is -2.19. The van der Waals surface area contributed by atoms with Gasteiger partial charge in [0.15, 0.2) is 5.69 Å². The molecule has 20 heavy (non-hydrogen) atoms. The van der Waals surface area contributed by atoms with Crippen LogP contribution in [0.2, 0.25) is 0 Å². The molecule has 0 fully saturated rings. The Kier molecular flexibility index (Phi) is 4.62. The molecule has 0 spiro atoms. The Balaban J connectivity index is 2.09. The third kappa shape index (κ3) is 3.52. The van der Waals surface area contributed by atoms with Gasteiger partial charge in [0.1, 0.15) is 5.75 Å². The summed E-state index contributed by atoms with van der Waals surface area (Å²) in [6.45, 7) is 0.762. The molecular formula is C14H16N4O2. The first-order chi connectivity index (χ1) is 9.72. The van der Waals surface area contributed by atoms with Crippen LogP contribution < -0.4 is 15.4 Å². The molecule has 0 unspecified atom stereocenters. The zero-order valence-electron chi connectivity index (χ0n) is 11.4. The zero-order valence-corrected chi connectivity index (χ0v) is 11.4. The Labute approximate surface area is 117 Å². The first-order valence-electron chi connectivity index (χ1n) is 6.20. The molecule has 0 aliphatic rings. The van der Waals surface area contributed by atoms with E-state index in [9.17, 15) is 4.79 Å². The van der Waals surface area contributed by atoms with Crippen molar-refractivity contribution in [3.63, 3.8) is 0 Å². The summed E-state index contributed by atoms with van der Waals surface area (Å²) in [7, 11) is 3.43. The number of benzene rings is 1.